The minimum atomic E-state index is -0.773. The minimum absolute atomic E-state index is 0.0875. The van der Waals surface area contributed by atoms with Gasteiger partial charge in [-0.15, -0.1) is 0 Å². The van der Waals surface area contributed by atoms with E-state index >= 15 is 0 Å². The number of rotatable bonds is 3. The topological polar surface area (TPSA) is 89.7 Å². The van der Waals surface area contributed by atoms with Gasteiger partial charge in [0.2, 0.25) is 0 Å². The van der Waals surface area contributed by atoms with E-state index in [0.717, 1.165) is 18.2 Å². The first-order valence-corrected chi connectivity index (χ1v) is 5.32. The van der Waals surface area contributed by atoms with Crippen molar-refractivity contribution < 1.29 is 19.6 Å². The van der Waals surface area contributed by atoms with Crippen LogP contribution in [0.2, 0.25) is 0 Å². The molecule has 6 heteroatoms. The van der Waals surface area contributed by atoms with E-state index in [9.17, 15) is 20.0 Å². The maximum Gasteiger partial charge on any atom is 0.343 e. The third kappa shape index (κ3) is 3.06. The Labute approximate surface area is 108 Å². The van der Waals surface area contributed by atoms with Crippen molar-refractivity contribution in [2.45, 2.75) is 0 Å². The number of nitro groups is 1. The first-order valence-electron chi connectivity index (χ1n) is 5.32. The van der Waals surface area contributed by atoms with Crippen LogP contribution in [0.15, 0.2) is 48.5 Å². The van der Waals surface area contributed by atoms with E-state index in [4.69, 9.17) is 4.74 Å². The van der Waals surface area contributed by atoms with Crippen LogP contribution in [0.3, 0.4) is 0 Å². The number of benzene rings is 2. The van der Waals surface area contributed by atoms with E-state index in [-0.39, 0.29) is 17.0 Å². The van der Waals surface area contributed by atoms with Crippen LogP contribution < -0.4 is 4.74 Å². The number of carbonyl (C=O) groups excluding carboxylic acids is 1. The van der Waals surface area contributed by atoms with Crippen molar-refractivity contribution in [3.05, 3.63) is 64.2 Å². The summed E-state index contributed by atoms with van der Waals surface area (Å²) in [5.41, 5.74) is -0.462. The summed E-state index contributed by atoms with van der Waals surface area (Å²) in [4.78, 5) is 21.7. The van der Waals surface area contributed by atoms with Gasteiger partial charge in [-0.25, -0.2) is 4.79 Å². The summed E-state index contributed by atoms with van der Waals surface area (Å²) in [5.74, 6) is -0.821. The van der Waals surface area contributed by atoms with Gasteiger partial charge in [-0.1, -0.05) is 18.2 Å². The van der Waals surface area contributed by atoms with Crippen molar-refractivity contribution in [2.75, 3.05) is 0 Å². The summed E-state index contributed by atoms with van der Waals surface area (Å²) in [6.45, 7) is 0. The SMILES string of the molecule is O=C(Oc1ccccc1)c1cc(O)cc([N+](=O)[O-])c1. The van der Waals surface area contributed by atoms with Gasteiger partial charge >= 0.3 is 5.97 Å². The van der Waals surface area contributed by atoms with Crippen LogP contribution >= 0.6 is 0 Å². The molecule has 2 rings (SSSR count). The third-order valence-electron chi connectivity index (χ3n) is 2.30. The molecule has 0 heterocycles. The quantitative estimate of drug-likeness (QED) is 0.396. The van der Waals surface area contributed by atoms with Gasteiger partial charge in [0.15, 0.2) is 0 Å². The standard InChI is InChI=1S/C13H9NO5/c15-11-7-9(6-10(8-11)14(17)18)13(16)19-12-4-2-1-3-5-12/h1-8,15H. The van der Waals surface area contributed by atoms with Gasteiger partial charge in [-0.05, 0) is 18.2 Å². The number of carbonyl (C=O) groups is 1. The number of ether oxygens (including phenoxy) is 1. The largest absolute Gasteiger partial charge is 0.508 e. The summed E-state index contributed by atoms with van der Waals surface area (Å²) in [5, 5.41) is 20.0. The number of phenolic OH excluding ortho intramolecular Hbond substituents is 1. The van der Waals surface area contributed by atoms with Crippen LogP contribution in [-0.4, -0.2) is 16.0 Å². The fraction of sp³-hybridized carbons (Fsp3) is 0. The van der Waals surface area contributed by atoms with Gasteiger partial charge in [0, 0.05) is 6.07 Å². The molecule has 0 saturated carbocycles. The lowest BCUT2D eigenvalue weighted by Crippen LogP contribution is -2.08. The Hall–Kier alpha value is -2.89. The van der Waals surface area contributed by atoms with Crippen molar-refractivity contribution in [1.82, 2.24) is 0 Å². The molecule has 0 spiro atoms. The van der Waals surface area contributed by atoms with Gasteiger partial charge in [-0.3, -0.25) is 10.1 Å². The molecule has 0 radical (unpaired) electrons. The van der Waals surface area contributed by atoms with Crippen molar-refractivity contribution in [1.29, 1.82) is 0 Å². The second-order valence-corrected chi connectivity index (χ2v) is 3.70. The van der Waals surface area contributed by atoms with Crippen LogP contribution in [-0.2, 0) is 0 Å². The smallest absolute Gasteiger partial charge is 0.343 e. The Bertz CT molecular complexity index is 624. The van der Waals surface area contributed by atoms with Crippen LogP contribution in [0.4, 0.5) is 5.69 Å². The number of para-hydroxylation sites is 1. The lowest BCUT2D eigenvalue weighted by molar-refractivity contribution is -0.385. The number of aromatic hydroxyl groups is 1. The zero-order chi connectivity index (χ0) is 13.8. The molecule has 0 unspecified atom stereocenters. The first-order chi connectivity index (χ1) is 9.06. The lowest BCUT2D eigenvalue weighted by atomic mass is 10.2. The lowest BCUT2D eigenvalue weighted by Gasteiger charge is -2.04. The van der Waals surface area contributed by atoms with E-state index < -0.39 is 10.9 Å². The van der Waals surface area contributed by atoms with E-state index in [0.29, 0.717) is 5.75 Å². The average Bonchev–Trinajstić information content (AvgIpc) is 2.39. The Morgan fingerprint density at radius 2 is 1.84 bits per heavy atom. The molecule has 0 amide bonds. The van der Waals surface area contributed by atoms with Gasteiger partial charge < -0.3 is 9.84 Å². The van der Waals surface area contributed by atoms with Crippen molar-refractivity contribution in [3.63, 3.8) is 0 Å². The van der Waals surface area contributed by atoms with E-state index in [1.807, 2.05) is 0 Å². The molecule has 0 aliphatic carbocycles. The number of nitro benzene ring substituents is 1. The predicted octanol–water partition coefficient (Wildman–Crippen LogP) is 2.52. The number of hydrogen-bond donors (Lipinski definition) is 1. The number of hydrogen-bond acceptors (Lipinski definition) is 5. The molecule has 1 N–H and O–H groups in total. The highest BCUT2D eigenvalue weighted by Crippen LogP contribution is 2.22. The number of non-ortho nitro benzene ring substituents is 1. The van der Waals surface area contributed by atoms with Gasteiger partial charge in [0.25, 0.3) is 5.69 Å². The first kappa shape index (κ1) is 12.6. The molecule has 0 bridgehead atoms. The molecule has 0 fully saturated rings. The molecule has 2 aromatic rings. The summed E-state index contributed by atoms with van der Waals surface area (Å²) in [7, 11) is 0. The molecular formula is C13H9NO5. The highest BCUT2D eigenvalue weighted by atomic mass is 16.6. The fourth-order valence-electron chi connectivity index (χ4n) is 1.47. The normalized spacial score (nSPS) is 9.89. The maximum atomic E-state index is 11.8. The molecule has 0 aliphatic rings. The number of esters is 1. The number of phenols is 1. The van der Waals surface area contributed by atoms with E-state index in [1.54, 1.807) is 30.3 Å². The Balaban J connectivity index is 2.26. The van der Waals surface area contributed by atoms with Gasteiger partial charge in [-0.2, -0.15) is 0 Å². The van der Waals surface area contributed by atoms with Crippen molar-refractivity contribution in [3.8, 4) is 11.5 Å². The predicted molar refractivity (Wildman–Crippen MR) is 66.2 cm³/mol. The number of nitrogens with zero attached hydrogens (tertiary/aromatic N) is 1. The molecule has 19 heavy (non-hydrogen) atoms. The molecule has 0 atom stereocenters. The fourth-order valence-corrected chi connectivity index (χ4v) is 1.47. The summed E-state index contributed by atoms with van der Waals surface area (Å²) in [6, 6.07) is 11.4. The van der Waals surface area contributed by atoms with Crippen LogP contribution in [0.25, 0.3) is 0 Å². The van der Waals surface area contributed by atoms with Crippen LogP contribution in [0, 0.1) is 10.1 Å². The highest BCUT2D eigenvalue weighted by molar-refractivity contribution is 5.92. The molecule has 0 saturated heterocycles. The third-order valence-corrected chi connectivity index (χ3v) is 2.30. The Morgan fingerprint density at radius 3 is 2.47 bits per heavy atom. The van der Waals surface area contributed by atoms with E-state index in [1.165, 1.54) is 0 Å². The van der Waals surface area contributed by atoms with Crippen LogP contribution in [0.1, 0.15) is 10.4 Å². The second-order valence-electron chi connectivity index (χ2n) is 3.70. The summed E-state index contributed by atoms with van der Waals surface area (Å²) >= 11 is 0. The zero-order valence-corrected chi connectivity index (χ0v) is 9.65. The molecular weight excluding hydrogens is 250 g/mol. The second kappa shape index (κ2) is 5.18. The minimum Gasteiger partial charge on any atom is -0.508 e. The summed E-state index contributed by atoms with van der Waals surface area (Å²) < 4.78 is 5.02. The Kier molecular flexibility index (Phi) is 3.42. The Morgan fingerprint density at radius 1 is 1.16 bits per heavy atom. The molecule has 0 aliphatic heterocycles. The van der Waals surface area contributed by atoms with E-state index in [2.05, 4.69) is 0 Å². The maximum absolute atomic E-state index is 11.8. The molecule has 2 aromatic carbocycles. The molecule has 6 nitrogen and oxygen atoms in total. The van der Waals surface area contributed by atoms with Gasteiger partial charge in [0.1, 0.15) is 11.5 Å². The zero-order valence-electron chi connectivity index (χ0n) is 9.65. The highest BCUT2D eigenvalue weighted by Gasteiger charge is 2.15. The van der Waals surface area contributed by atoms with Gasteiger partial charge in [0.05, 0.1) is 16.6 Å². The summed E-state index contributed by atoms with van der Waals surface area (Å²) in [6.07, 6.45) is 0. The average molecular weight is 259 g/mol. The molecule has 0 aromatic heterocycles. The van der Waals surface area contributed by atoms with Crippen molar-refractivity contribution in [2.24, 2.45) is 0 Å². The van der Waals surface area contributed by atoms with Crippen molar-refractivity contribution >= 4 is 11.7 Å². The van der Waals surface area contributed by atoms with Crippen LogP contribution in [0.5, 0.6) is 11.5 Å². The monoisotopic (exact) mass is 259 g/mol. The molecule has 96 valence electrons.